The van der Waals surface area contributed by atoms with Crippen LogP contribution in [-0.2, 0) is 4.79 Å². The predicted molar refractivity (Wildman–Crippen MR) is 63.7 cm³/mol. The first-order valence-electron chi connectivity index (χ1n) is 5.04. The first-order chi connectivity index (χ1) is 7.99. The van der Waals surface area contributed by atoms with E-state index in [0.717, 1.165) is 5.56 Å². The van der Waals surface area contributed by atoms with Crippen LogP contribution in [0.4, 0.5) is 14.5 Å². The van der Waals surface area contributed by atoms with E-state index in [1.807, 2.05) is 6.92 Å². The summed E-state index contributed by atoms with van der Waals surface area (Å²) < 4.78 is 23.6. The van der Waals surface area contributed by atoms with Crippen molar-refractivity contribution in [2.24, 2.45) is 0 Å². The van der Waals surface area contributed by atoms with Gasteiger partial charge in [-0.05, 0) is 24.6 Å². The minimum Gasteiger partial charge on any atom is -0.325 e. The molecule has 0 aromatic heterocycles. The topological polar surface area (TPSA) is 41.1 Å². The van der Waals surface area contributed by atoms with Gasteiger partial charge in [-0.25, -0.2) is 8.78 Å². The number of carbonyl (C=O) groups is 1. The van der Waals surface area contributed by atoms with Crippen LogP contribution in [0.15, 0.2) is 18.2 Å². The van der Waals surface area contributed by atoms with Crippen LogP contribution in [0.2, 0.25) is 5.02 Å². The number of rotatable bonds is 5. The summed E-state index contributed by atoms with van der Waals surface area (Å²) in [7, 11) is 0. The van der Waals surface area contributed by atoms with Crippen LogP contribution in [0, 0.1) is 6.92 Å². The highest BCUT2D eigenvalue weighted by Gasteiger charge is 2.07. The monoisotopic (exact) mass is 262 g/mol. The van der Waals surface area contributed by atoms with Gasteiger partial charge >= 0.3 is 0 Å². The van der Waals surface area contributed by atoms with Gasteiger partial charge < -0.3 is 10.6 Å². The first-order valence-corrected chi connectivity index (χ1v) is 5.41. The minimum absolute atomic E-state index is 0.156. The molecule has 0 radical (unpaired) electrons. The standard InChI is InChI=1S/C11H13ClF2N2O/c1-7-2-3-8(12)4-9(7)16-11(17)6-15-5-10(13)14/h2-4,10,15H,5-6H2,1H3,(H,16,17). The average Bonchev–Trinajstić information content (AvgIpc) is 2.23. The maximum atomic E-state index is 11.8. The largest absolute Gasteiger partial charge is 0.325 e. The number of carbonyl (C=O) groups excluding carboxylic acids is 1. The molecule has 0 atom stereocenters. The van der Waals surface area contributed by atoms with E-state index < -0.39 is 13.0 Å². The molecule has 2 N–H and O–H groups in total. The van der Waals surface area contributed by atoms with Crippen LogP contribution in [0.5, 0.6) is 0 Å². The van der Waals surface area contributed by atoms with Crippen molar-refractivity contribution in [3.63, 3.8) is 0 Å². The third-order valence-electron chi connectivity index (χ3n) is 2.06. The third-order valence-corrected chi connectivity index (χ3v) is 2.29. The third kappa shape index (κ3) is 5.10. The van der Waals surface area contributed by atoms with Crippen molar-refractivity contribution in [1.82, 2.24) is 5.32 Å². The second-order valence-electron chi connectivity index (χ2n) is 3.53. The second-order valence-corrected chi connectivity index (χ2v) is 3.97. The highest BCUT2D eigenvalue weighted by Crippen LogP contribution is 2.19. The summed E-state index contributed by atoms with van der Waals surface area (Å²) in [5, 5.41) is 5.44. The lowest BCUT2D eigenvalue weighted by Crippen LogP contribution is -2.31. The molecule has 1 aromatic rings. The van der Waals surface area contributed by atoms with Gasteiger partial charge in [0.25, 0.3) is 6.43 Å². The number of halogens is 3. The van der Waals surface area contributed by atoms with Gasteiger partial charge in [-0.2, -0.15) is 0 Å². The Labute approximate surface area is 103 Å². The number of aryl methyl sites for hydroxylation is 1. The zero-order chi connectivity index (χ0) is 12.8. The molecule has 0 unspecified atom stereocenters. The zero-order valence-electron chi connectivity index (χ0n) is 9.27. The molecule has 0 saturated heterocycles. The van der Waals surface area contributed by atoms with Crippen molar-refractivity contribution in [1.29, 1.82) is 0 Å². The maximum Gasteiger partial charge on any atom is 0.250 e. The molecule has 1 aromatic carbocycles. The predicted octanol–water partition coefficient (Wildman–Crippen LogP) is 2.44. The van der Waals surface area contributed by atoms with E-state index in [2.05, 4.69) is 10.6 Å². The lowest BCUT2D eigenvalue weighted by molar-refractivity contribution is -0.115. The van der Waals surface area contributed by atoms with Crippen LogP contribution in [0.25, 0.3) is 0 Å². The molecular formula is C11H13ClF2N2O. The fourth-order valence-corrected chi connectivity index (χ4v) is 1.39. The molecule has 0 aliphatic rings. The highest BCUT2D eigenvalue weighted by atomic mass is 35.5. The quantitative estimate of drug-likeness (QED) is 0.856. The lowest BCUT2D eigenvalue weighted by atomic mass is 10.2. The molecule has 1 amide bonds. The summed E-state index contributed by atoms with van der Waals surface area (Å²) in [6.07, 6.45) is -2.46. The Kier molecular flexibility index (Phi) is 5.31. The van der Waals surface area contributed by atoms with Crippen molar-refractivity contribution in [3.8, 4) is 0 Å². The molecule has 3 nitrogen and oxygen atoms in total. The SMILES string of the molecule is Cc1ccc(Cl)cc1NC(=O)CNCC(F)F. The number of amides is 1. The molecule has 17 heavy (non-hydrogen) atoms. The summed E-state index contributed by atoms with van der Waals surface area (Å²) in [6.45, 7) is 1.16. The highest BCUT2D eigenvalue weighted by molar-refractivity contribution is 6.31. The Morgan fingerprint density at radius 2 is 2.18 bits per heavy atom. The molecule has 6 heteroatoms. The fourth-order valence-electron chi connectivity index (χ4n) is 1.22. The Balaban J connectivity index is 2.47. The van der Waals surface area contributed by atoms with Gasteiger partial charge in [-0.15, -0.1) is 0 Å². The number of benzene rings is 1. The normalized spacial score (nSPS) is 10.6. The molecule has 0 fully saturated rings. The number of hydrogen-bond donors (Lipinski definition) is 2. The van der Waals surface area contributed by atoms with Gasteiger partial charge in [0.05, 0.1) is 13.1 Å². The van der Waals surface area contributed by atoms with Gasteiger partial charge in [-0.1, -0.05) is 17.7 Å². The molecule has 0 bridgehead atoms. The fraction of sp³-hybridized carbons (Fsp3) is 0.364. The molecule has 1 rings (SSSR count). The number of alkyl halides is 2. The van der Waals surface area contributed by atoms with E-state index in [-0.39, 0.29) is 12.5 Å². The van der Waals surface area contributed by atoms with Crippen molar-refractivity contribution in [2.45, 2.75) is 13.3 Å². The van der Waals surface area contributed by atoms with E-state index in [4.69, 9.17) is 11.6 Å². The van der Waals surface area contributed by atoms with E-state index in [0.29, 0.717) is 10.7 Å². The van der Waals surface area contributed by atoms with Crippen LogP contribution in [-0.4, -0.2) is 25.4 Å². The molecule has 0 spiro atoms. The Bertz CT molecular complexity index is 399. The van der Waals surface area contributed by atoms with Crippen LogP contribution in [0.1, 0.15) is 5.56 Å². The van der Waals surface area contributed by atoms with Crippen LogP contribution < -0.4 is 10.6 Å². The number of hydrogen-bond acceptors (Lipinski definition) is 2. The van der Waals surface area contributed by atoms with Crippen molar-refractivity contribution >= 4 is 23.2 Å². The van der Waals surface area contributed by atoms with E-state index in [9.17, 15) is 13.6 Å². The number of nitrogens with one attached hydrogen (secondary N) is 2. The summed E-state index contributed by atoms with van der Waals surface area (Å²) >= 11 is 5.78. The van der Waals surface area contributed by atoms with E-state index in [1.54, 1.807) is 18.2 Å². The van der Waals surface area contributed by atoms with E-state index >= 15 is 0 Å². The van der Waals surface area contributed by atoms with Crippen molar-refractivity contribution in [3.05, 3.63) is 28.8 Å². The minimum atomic E-state index is -2.46. The summed E-state index contributed by atoms with van der Waals surface area (Å²) in [6, 6.07) is 5.09. The van der Waals surface area contributed by atoms with Gasteiger partial charge in [0, 0.05) is 10.7 Å². The summed E-state index contributed by atoms with van der Waals surface area (Å²) in [4.78, 5) is 11.4. The molecule has 0 aliphatic carbocycles. The zero-order valence-corrected chi connectivity index (χ0v) is 10.0. The summed E-state index contributed by atoms with van der Waals surface area (Å²) in [5.74, 6) is -0.379. The Morgan fingerprint density at radius 1 is 1.47 bits per heavy atom. The molecule has 0 heterocycles. The van der Waals surface area contributed by atoms with Crippen molar-refractivity contribution < 1.29 is 13.6 Å². The van der Waals surface area contributed by atoms with Gasteiger partial charge in [-0.3, -0.25) is 4.79 Å². The van der Waals surface area contributed by atoms with Crippen LogP contribution >= 0.6 is 11.6 Å². The molecular weight excluding hydrogens is 250 g/mol. The van der Waals surface area contributed by atoms with Crippen molar-refractivity contribution in [2.75, 3.05) is 18.4 Å². The Morgan fingerprint density at radius 3 is 2.82 bits per heavy atom. The van der Waals surface area contributed by atoms with Gasteiger partial charge in [0.1, 0.15) is 0 Å². The second kappa shape index (κ2) is 6.51. The average molecular weight is 263 g/mol. The lowest BCUT2D eigenvalue weighted by Gasteiger charge is -2.09. The Hall–Kier alpha value is -1.20. The van der Waals surface area contributed by atoms with Crippen LogP contribution in [0.3, 0.4) is 0 Å². The molecule has 0 saturated carbocycles. The van der Waals surface area contributed by atoms with E-state index in [1.165, 1.54) is 0 Å². The smallest absolute Gasteiger partial charge is 0.250 e. The van der Waals surface area contributed by atoms with Gasteiger partial charge in [0.15, 0.2) is 0 Å². The molecule has 0 aliphatic heterocycles. The van der Waals surface area contributed by atoms with Gasteiger partial charge in [0.2, 0.25) is 5.91 Å². The number of anilines is 1. The summed E-state index contributed by atoms with van der Waals surface area (Å²) in [5.41, 5.74) is 1.44. The first kappa shape index (κ1) is 13.9. The maximum absolute atomic E-state index is 11.8. The molecule has 94 valence electrons.